The van der Waals surface area contributed by atoms with Gasteiger partial charge in [-0.15, -0.1) is 0 Å². The predicted octanol–water partition coefficient (Wildman–Crippen LogP) is 8.19. The van der Waals surface area contributed by atoms with E-state index in [1.54, 1.807) is 0 Å². The van der Waals surface area contributed by atoms with E-state index in [-0.39, 0.29) is 0 Å². The van der Waals surface area contributed by atoms with Crippen molar-refractivity contribution in [2.24, 2.45) is 0 Å². The van der Waals surface area contributed by atoms with Crippen LogP contribution in [0.1, 0.15) is 129 Å². The Labute approximate surface area is 160 Å². The topological polar surface area (TPSA) is 12.0 Å². The van der Waals surface area contributed by atoms with Crippen LogP contribution in [0.3, 0.4) is 0 Å². The molecule has 0 aromatic heterocycles. The quantitative estimate of drug-likeness (QED) is 0.162. The van der Waals surface area contributed by atoms with Crippen LogP contribution in [-0.4, -0.2) is 13.1 Å². The Morgan fingerprint density at radius 3 is 1.28 bits per heavy atom. The van der Waals surface area contributed by atoms with Crippen LogP contribution in [0.5, 0.6) is 0 Å². The molecular formula is C24H49N. The summed E-state index contributed by atoms with van der Waals surface area (Å²) >= 11 is 0. The molecular weight excluding hydrogens is 302 g/mol. The van der Waals surface area contributed by atoms with E-state index in [4.69, 9.17) is 0 Å². The molecule has 0 rings (SSSR count). The number of allylic oxidation sites excluding steroid dienone is 2. The molecule has 0 aliphatic heterocycles. The summed E-state index contributed by atoms with van der Waals surface area (Å²) in [6.45, 7) is 7.02. The lowest BCUT2D eigenvalue weighted by Gasteiger charge is -2.04. The second-order valence-corrected chi connectivity index (χ2v) is 7.75. The molecule has 0 unspecified atom stereocenters. The first-order valence-electron chi connectivity index (χ1n) is 11.8. The van der Waals surface area contributed by atoms with E-state index >= 15 is 0 Å². The monoisotopic (exact) mass is 351 g/mol. The molecule has 150 valence electrons. The summed E-state index contributed by atoms with van der Waals surface area (Å²) in [5.74, 6) is 0. The standard InChI is InChI=1S/C24H49N/c1-3-5-7-9-10-11-12-13-14-15-16-17-18-19-20-22-24-25-23-21-8-6-4-2/h13-14,25H,3-12,15-24H2,1-2H3/b14-13-. The second-order valence-electron chi connectivity index (χ2n) is 7.75. The van der Waals surface area contributed by atoms with Gasteiger partial charge in [-0.2, -0.15) is 0 Å². The van der Waals surface area contributed by atoms with Gasteiger partial charge in [-0.3, -0.25) is 0 Å². The maximum absolute atomic E-state index is 3.58. The number of unbranched alkanes of at least 4 members (excludes halogenated alkanes) is 15. The van der Waals surface area contributed by atoms with E-state index in [1.807, 2.05) is 0 Å². The van der Waals surface area contributed by atoms with Crippen LogP contribution < -0.4 is 5.32 Å². The summed E-state index contributed by atoms with van der Waals surface area (Å²) in [4.78, 5) is 0. The smallest absolute Gasteiger partial charge is 0.00489 e. The predicted molar refractivity (Wildman–Crippen MR) is 116 cm³/mol. The third-order valence-electron chi connectivity index (χ3n) is 5.07. The van der Waals surface area contributed by atoms with Crippen molar-refractivity contribution in [2.75, 3.05) is 13.1 Å². The van der Waals surface area contributed by atoms with Gasteiger partial charge < -0.3 is 5.32 Å². The zero-order valence-electron chi connectivity index (χ0n) is 17.8. The minimum atomic E-state index is 1.23. The van der Waals surface area contributed by atoms with Crippen LogP contribution in [0.2, 0.25) is 0 Å². The molecule has 0 radical (unpaired) electrons. The molecule has 1 nitrogen and oxygen atoms in total. The lowest BCUT2D eigenvalue weighted by atomic mass is 10.1. The van der Waals surface area contributed by atoms with Crippen molar-refractivity contribution >= 4 is 0 Å². The highest BCUT2D eigenvalue weighted by Gasteiger charge is 1.92. The van der Waals surface area contributed by atoms with Gasteiger partial charge in [0.25, 0.3) is 0 Å². The highest BCUT2D eigenvalue weighted by Crippen LogP contribution is 2.09. The SMILES string of the molecule is CCCCCCCC/C=C\CCCCCCCCNCCCCCC. The van der Waals surface area contributed by atoms with Gasteiger partial charge in [0, 0.05) is 0 Å². The number of nitrogens with one attached hydrogen (secondary N) is 1. The summed E-state index contributed by atoms with van der Waals surface area (Å²) < 4.78 is 0. The normalized spacial score (nSPS) is 11.6. The average Bonchev–Trinajstić information content (AvgIpc) is 2.63. The van der Waals surface area contributed by atoms with Gasteiger partial charge >= 0.3 is 0 Å². The van der Waals surface area contributed by atoms with Crippen LogP contribution in [0.15, 0.2) is 12.2 Å². The Bertz CT molecular complexity index is 246. The van der Waals surface area contributed by atoms with Crippen molar-refractivity contribution in [1.82, 2.24) is 5.32 Å². The minimum Gasteiger partial charge on any atom is -0.317 e. The van der Waals surface area contributed by atoms with Crippen LogP contribution in [0.4, 0.5) is 0 Å². The van der Waals surface area contributed by atoms with Gasteiger partial charge in [-0.1, -0.05) is 103 Å². The largest absolute Gasteiger partial charge is 0.317 e. The van der Waals surface area contributed by atoms with Gasteiger partial charge in [-0.25, -0.2) is 0 Å². The van der Waals surface area contributed by atoms with Gasteiger partial charge in [0.15, 0.2) is 0 Å². The summed E-state index contributed by atoms with van der Waals surface area (Å²) in [6, 6.07) is 0. The van der Waals surface area contributed by atoms with E-state index in [0.29, 0.717) is 0 Å². The van der Waals surface area contributed by atoms with Crippen LogP contribution in [-0.2, 0) is 0 Å². The molecule has 0 aliphatic carbocycles. The fourth-order valence-corrected chi connectivity index (χ4v) is 3.30. The first-order chi connectivity index (χ1) is 12.4. The Morgan fingerprint density at radius 2 is 0.800 bits per heavy atom. The van der Waals surface area contributed by atoms with Gasteiger partial charge in [0.2, 0.25) is 0 Å². The number of hydrogen-bond donors (Lipinski definition) is 1. The molecule has 0 aromatic rings. The van der Waals surface area contributed by atoms with E-state index < -0.39 is 0 Å². The van der Waals surface area contributed by atoms with Crippen LogP contribution in [0, 0.1) is 0 Å². The molecule has 0 fully saturated rings. The Balaban J connectivity index is 3.03. The molecule has 1 N–H and O–H groups in total. The number of hydrogen-bond acceptors (Lipinski definition) is 1. The van der Waals surface area contributed by atoms with Crippen molar-refractivity contribution in [3.8, 4) is 0 Å². The summed E-state index contributed by atoms with van der Waals surface area (Å²) in [7, 11) is 0. The highest BCUT2D eigenvalue weighted by atomic mass is 14.8. The first-order valence-corrected chi connectivity index (χ1v) is 11.8. The fourth-order valence-electron chi connectivity index (χ4n) is 3.30. The Kier molecular flexibility index (Phi) is 23.4. The molecule has 1 heteroatoms. The zero-order valence-corrected chi connectivity index (χ0v) is 17.8. The van der Waals surface area contributed by atoms with Gasteiger partial charge in [-0.05, 0) is 51.6 Å². The van der Waals surface area contributed by atoms with E-state index in [2.05, 4.69) is 31.3 Å². The van der Waals surface area contributed by atoms with Gasteiger partial charge in [0.05, 0.1) is 0 Å². The van der Waals surface area contributed by atoms with Gasteiger partial charge in [0.1, 0.15) is 0 Å². The molecule has 0 saturated carbocycles. The molecule has 0 aromatic carbocycles. The van der Waals surface area contributed by atoms with E-state index in [0.717, 1.165) is 0 Å². The average molecular weight is 352 g/mol. The molecule has 0 bridgehead atoms. The first kappa shape index (κ1) is 24.7. The number of rotatable bonds is 21. The summed E-state index contributed by atoms with van der Waals surface area (Å²) in [5, 5.41) is 3.58. The zero-order chi connectivity index (χ0) is 18.3. The Morgan fingerprint density at radius 1 is 0.440 bits per heavy atom. The maximum atomic E-state index is 3.58. The molecule has 0 amide bonds. The van der Waals surface area contributed by atoms with E-state index in [1.165, 1.54) is 129 Å². The summed E-state index contributed by atoms with van der Waals surface area (Å²) in [5.41, 5.74) is 0. The van der Waals surface area contributed by atoms with Crippen molar-refractivity contribution in [2.45, 2.75) is 129 Å². The highest BCUT2D eigenvalue weighted by molar-refractivity contribution is 4.81. The minimum absolute atomic E-state index is 1.23. The van der Waals surface area contributed by atoms with Crippen molar-refractivity contribution in [3.05, 3.63) is 12.2 Å². The Hall–Kier alpha value is -0.300. The molecule has 0 spiro atoms. The molecule has 25 heavy (non-hydrogen) atoms. The summed E-state index contributed by atoms with van der Waals surface area (Å²) in [6.07, 6.45) is 29.9. The molecule has 0 aliphatic rings. The molecule has 0 atom stereocenters. The third kappa shape index (κ3) is 23.7. The lowest BCUT2D eigenvalue weighted by molar-refractivity contribution is 0.549. The van der Waals surface area contributed by atoms with Crippen LogP contribution >= 0.6 is 0 Å². The van der Waals surface area contributed by atoms with Crippen molar-refractivity contribution in [1.29, 1.82) is 0 Å². The van der Waals surface area contributed by atoms with E-state index in [9.17, 15) is 0 Å². The van der Waals surface area contributed by atoms with Crippen LogP contribution in [0.25, 0.3) is 0 Å². The van der Waals surface area contributed by atoms with Crippen molar-refractivity contribution < 1.29 is 0 Å². The maximum Gasteiger partial charge on any atom is -0.00489 e. The third-order valence-corrected chi connectivity index (χ3v) is 5.07. The second kappa shape index (κ2) is 23.7. The fraction of sp³-hybridized carbons (Fsp3) is 0.917. The van der Waals surface area contributed by atoms with Crippen molar-refractivity contribution in [3.63, 3.8) is 0 Å². The lowest BCUT2D eigenvalue weighted by Crippen LogP contribution is -2.16. The molecule has 0 heterocycles. The molecule has 0 saturated heterocycles.